The summed E-state index contributed by atoms with van der Waals surface area (Å²) in [7, 11) is -3.45. The first-order chi connectivity index (χ1) is 9.99. The fourth-order valence-corrected chi connectivity index (χ4v) is 4.15. The number of nitrogens with two attached hydrogens (primary N) is 1. The second kappa shape index (κ2) is 6.77. The van der Waals surface area contributed by atoms with Crippen molar-refractivity contribution in [3.63, 3.8) is 0 Å². The van der Waals surface area contributed by atoms with Crippen LogP contribution < -0.4 is 15.4 Å². The Kier molecular flexibility index (Phi) is 5.24. The molecule has 0 saturated carbocycles. The van der Waals surface area contributed by atoms with E-state index >= 15 is 0 Å². The lowest BCUT2D eigenvalue weighted by atomic mass is 9.87. The van der Waals surface area contributed by atoms with Crippen LogP contribution in [0.25, 0.3) is 0 Å². The summed E-state index contributed by atoms with van der Waals surface area (Å²) in [5.74, 6) is 0.998. The number of nitrogens with zero attached hydrogens (tertiary/aromatic N) is 1. The van der Waals surface area contributed by atoms with E-state index in [0.29, 0.717) is 29.8 Å². The molecule has 1 aliphatic rings. The van der Waals surface area contributed by atoms with Crippen molar-refractivity contribution in [2.75, 3.05) is 31.1 Å². The molecule has 3 N–H and O–H groups in total. The van der Waals surface area contributed by atoms with Gasteiger partial charge in [0.2, 0.25) is 10.0 Å². The van der Waals surface area contributed by atoms with E-state index in [2.05, 4.69) is 16.5 Å². The highest BCUT2D eigenvalue weighted by atomic mass is 32.2. The Hall–Kier alpha value is -1.11. The maximum atomic E-state index is 12.3. The summed E-state index contributed by atoms with van der Waals surface area (Å²) in [5, 5.41) is 0. The fraction of sp³-hybridized carbons (Fsp3) is 0.600. The summed E-state index contributed by atoms with van der Waals surface area (Å²) in [6.07, 6.45) is 1.04. The van der Waals surface area contributed by atoms with E-state index in [1.54, 1.807) is 19.1 Å². The molecule has 21 heavy (non-hydrogen) atoms. The lowest BCUT2D eigenvalue weighted by Crippen LogP contribution is -2.43. The highest BCUT2D eigenvalue weighted by Crippen LogP contribution is 2.31. The zero-order chi connectivity index (χ0) is 15.5. The van der Waals surface area contributed by atoms with Gasteiger partial charge in [-0.1, -0.05) is 26.0 Å². The van der Waals surface area contributed by atoms with Crippen LogP contribution in [0, 0.1) is 11.8 Å². The molecule has 0 aromatic heterocycles. The third kappa shape index (κ3) is 3.56. The molecule has 1 aromatic rings. The molecular formula is C15H25N3O2S. The van der Waals surface area contributed by atoms with Crippen LogP contribution >= 0.6 is 0 Å². The molecule has 2 unspecified atom stereocenters. The standard InChI is InChI=1S/C15H25N3O2S/c1-3-17-21(19,20)15-7-5-4-6-14(15)18-9-8-12(2)13(10-16)11-18/h4-7,12-13,17H,3,8-11,16H2,1-2H3. The van der Waals surface area contributed by atoms with Crippen LogP contribution in [0.2, 0.25) is 0 Å². The second-order valence-electron chi connectivity index (χ2n) is 5.68. The van der Waals surface area contributed by atoms with Gasteiger partial charge >= 0.3 is 0 Å². The molecule has 1 fully saturated rings. The van der Waals surface area contributed by atoms with Crippen molar-refractivity contribution in [3.8, 4) is 0 Å². The minimum atomic E-state index is -3.45. The van der Waals surface area contributed by atoms with Gasteiger partial charge in [0.1, 0.15) is 4.90 Å². The fourth-order valence-electron chi connectivity index (χ4n) is 2.89. The van der Waals surface area contributed by atoms with E-state index in [0.717, 1.165) is 25.2 Å². The van der Waals surface area contributed by atoms with Crippen LogP contribution in [0.4, 0.5) is 5.69 Å². The third-order valence-corrected chi connectivity index (χ3v) is 5.84. The average Bonchev–Trinajstić information content (AvgIpc) is 2.48. The van der Waals surface area contributed by atoms with Gasteiger partial charge in [0.05, 0.1) is 5.69 Å². The number of rotatable bonds is 5. The van der Waals surface area contributed by atoms with Gasteiger partial charge in [-0.2, -0.15) is 0 Å². The largest absolute Gasteiger partial charge is 0.370 e. The van der Waals surface area contributed by atoms with Gasteiger partial charge < -0.3 is 10.6 Å². The Morgan fingerprint density at radius 3 is 2.76 bits per heavy atom. The van der Waals surface area contributed by atoms with Crippen LogP contribution in [0.5, 0.6) is 0 Å². The summed E-state index contributed by atoms with van der Waals surface area (Å²) in [5.41, 5.74) is 6.63. The normalized spacial score (nSPS) is 23.3. The van der Waals surface area contributed by atoms with Crippen molar-refractivity contribution in [2.45, 2.75) is 25.2 Å². The molecule has 1 heterocycles. The van der Waals surface area contributed by atoms with Crippen molar-refractivity contribution in [2.24, 2.45) is 17.6 Å². The number of benzene rings is 1. The first kappa shape index (κ1) is 16.3. The predicted octanol–water partition coefficient (Wildman–Crippen LogP) is 1.41. The summed E-state index contributed by atoms with van der Waals surface area (Å²) in [6.45, 7) is 6.72. The molecule has 2 atom stereocenters. The minimum Gasteiger partial charge on any atom is -0.370 e. The number of piperidine rings is 1. The van der Waals surface area contributed by atoms with E-state index in [-0.39, 0.29) is 0 Å². The number of hydrogen-bond acceptors (Lipinski definition) is 4. The van der Waals surface area contributed by atoms with Crippen LogP contribution in [-0.2, 0) is 10.0 Å². The smallest absolute Gasteiger partial charge is 0.242 e. The molecule has 5 nitrogen and oxygen atoms in total. The predicted molar refractivity (Wildman–Crippen MR) is 85.8 cm³/mol. The van der Waals surface area contributed by atoms with Crippen LogP contribution in [0.15, 0.2) is 29.2 Å². The molecule has 2 rings (SSSR count). The molecule has 6 heteroatoms. The van der Waals surface area contributed by atoms with Gasteiger partial charge in [0.15, 0.2) is 0 Å². The number of sulfonamides is 1. The summed E-state index contributed by atoms with van der Waals surface area (Å²) in [4.78, 5) is 2.51. The molecule has 1 aromatic carbocycles. The third-order valence-electron chi connectivity index (χ3n) is 4.25. The Bertz CT molecular complexity index is 574. The van der Waals surface area contributed by atoms with E-state index in [1.165, 1.54) is 0 Å². The summed E-state index contributed by atoms with van der Waals surface area (Å²) < 4.78 is 27.3. The average molecular weight is 311 g/mol. The zero-order valence-electron chi connectivity index (χ0n) is 12.7. The Labute approximate surface area is 127 Å². The minimum absolute atomic E-state index is 0.358. The topological polar surface area (TPSA) is 75.4 Å². The first-order valence-corrected chi connectivity index (χ1v) is 9.01. The van der Waals surface area contributed by atoms with Gasteiger partial charge in [-0.3, -0.25) is 0 Å². The molecule has 0 amide bonds. The quantitative estimate of drug-likeness (QED) is 0.862. The number of hydrogen-bond donors (Lipinski definition) is 2. The number of nitrogens with one attached hydrogen (secondary N) is 1. The van der Waals surface area contributed by atoms with Gasteiger partial charge in [0.25, 0.3) is 0 Å². The van der Waals surface area contributed by atoms with Gasteiger partial charge in [-0.05, 0) is 36.9 Å². The van der Waals surface area contributed by atoms with Crippen molar-refractivity contribution < 1.29 is 8.42 Å². The molecule has 0 bridgehead atoms. The summed E-state index contributed by atoms with van der Waals surface area (Å²) in [6, 6.07) is 7.20. The Morgan fingerprint density at radius 2 is 2.10 bits per heavy atom. The molecule has 0 spiro atoms. The van der Waals surface area contributed by atoms with Crippen LogP contribution in [0.3, 0.4) is 0 Å². The van der Waals surface area contributed by atoms with Crippen LogP contribution in [0.1, 0.15) is 20.3 Å². The molecule has 1 aliphatic heterocycles. The SMILES string of the molecule is CCNS(=O)(=O)c1ccccc1N1CCC(C)C(CN)C1. The molecule has 118 valence electrons. The van der Waals surface area contributed by atoms with E-state index in [1.807, 2.05) is 12.1 Å². The molecular weight excluding hydrogens is 286 g/mol. The van der Waals surface area contributed by atoms with Crippen molar-refractivity contribution in [1.29, 1.82) is 0 Å². The van der Waals surface area contributed by atoms with Gasteiger partial charge in [-0.15, -0.1) is 0 Å². The monoisotopic (exact) mass is 311 g/mol. The van der Waals surface area contributed by atoms with Crippen molar-refractivity contribution in [3.05, 3.63) is 24.3 Å². The lowest BCUT2D eigenvalue weighted by molar-refractivity contribution is 0.307. The van der Waals surface area contributed by atoms with E-state index in [9.17, 15) is 8.42 Å². The zero-order valence-corrected chi connectivity index (χ0v) is 13.6. The van der Waals surface area contributed by atoms with Crippen molar-refractivity contribution >= 4 is 15.7 Å². The summed E-state index contributed by atoms with van der Waals surface area (Å²) >= 11 is 0. The molecule has 0 aliphatic carbocycles. The number of anilines is 1. The van der Waals surface area contributed by atoms with Gasteiger partial charge in [-0.25, -0.2) is 13.1 Å². The van der Waals surface area contributed by atoms with E-state index in [4.69, 9.17) is 5.73 Å². The Morgan fingerprint density at radius 1 is 1.38 bits per heavy atom. The van der Waals surface area contributed by atoms with Gasteiger partial charge in [0, 0.05) is 19.6 Å². The maximum absolute atomic E-state index is 12.3. The van der Waals surface area contributed by atoms with Crippen molar-refractivity contribution in [1.82, 2.24) is 4.72 Å². The maximum Gasteiger partial charge on any atom is 0.242 e. The first-order valence-electron chi connectivity index (χ1n) is 7.53. The lowest BCUT2D eigenvalue weighted by Gasteiger charge is -2.38. The highest BCUT2D eigenvalue weighted by molar-refractivity contribution is 7.89. The Balaban J connectivity index is 2.33. The number of para-hydroxylation sites is 1. The van der Waals surface area contributed by atoms with Crippen LogP contribution in [-0.4, -0.2) is 34.6 Å². The van der Waals surface area contributed by atoms with E-state index < -0.39 is 10.0 Å². The molecule has 1 saturated heterocycles. The second-order valence-corrected chi connectivity index (χ2v) is 7.41. The highest BCUT2D eigenvalue weighted by Gasteiger charge is 2.28. The molecule has 0 radical (unpaired) electrons.